The smallest absolute Gasteiger partial charge is 0.332 e. The number of phenolic OH excluding ortho intramolecular Hbond substituents is 1. The van der Waals surface area contributed by atoms with Crippen molar-refractivity contribution in [3.63, 3.8) is 0 Å². The summed E-state index contributed by atoms with van der Waals surface area (Å²) in [6, 6.07) is 4.71. The Morgan fingerprint density at radius 1 is 1.33 bits per heavy atom. The van der Waals surface area contributed by atoms with Gasteiger partial charge in [0.2, 0.25) is 0 Å². The Morgan fingerprint density at radius 3 is 2.58 bits per heavy atom. The second-order valence-electron chi connectivity index (χ2n) is 6.43. The van der Waals surface area contributed by atoms with Crippen LogP contribution in [0.4, 0.5) is 0 Å². The SMILES string of the molecule is COc1cc(/C=C/C(=O)C2(C(=O)O)CC3CCN2CC3)ccc1O. The summed E-state index contributed by atoms with van der Waals surface area (Å²) in [5, 5.41) is 19.3. The number of ether oxygens (including phenoxy) is 1. The second-order valence-corrected chi connectivity index (χ2v) is 6.43. The van der Waals surface area contributed by atoms with Crippen LogP contribution in [0, 0.1) is 5.92 Å². The monoisotopic (exact) mass is 331 g/mol. The number of hydrogen-bond acceptors (Lipinski definition) is 5. The van der Waals surface area contributed by atoms with Gasteiger partial charge in [0.05, 0.1) is 7.11 Å². The molecule has 6 heteroatoms. The maximum Gasteiger partial charge on any atom is 0.332 e. The zero-order valence-corrected chi connectivity index (χ0v) is 13.6. The Morgan fingerprint density at radius 2 is 2.04 bits per heavy atom. The molecule has 3 heterocycles. The van der Waals surface area contributed by atoms with Crippen LogP contribution in [0.3, 0.4) is 0 Å². The van der Waals surface area contributed by atoms with Gasteiger partial charge in [-0.15, -0.1) is 0 Å². The minimum atomic E-state index is -1.43. The van der Waals surface area contributed by atoms with Gasteiger partial charge < -0.3 is 14.9 Å². The number of fused-ring (bicyclic) bond motifs is 3. The zero-order valence-electron chi connectivity index (χ0n) is 13.6. The number of rotatable bonds is 5. The van der Waals surface area contributed by atoms with E-state index >= 15 is 0 Å². The number of phenols is 1. The summed E-state index contributed by atoms with van der Waals surface area (Å²) in [4.78, 5) is 26.5. The normalized spacial score (nSPS) is 28.9. The molecule has 1 aromatic carbocycles. The molecule has 0 radical (unpaired) electrons. The lowest BCUT2D eigenvalue weighted by Crippen LogP contribution is -2.66. The Labute approximate surface area is 140 Å². The van der Waals surface area contributed by atoms with E-state index in [1.807, 2.05) is 0 Å². The average Bonchev–Trinajstić information content (AvgIpc) is 2.61. The standard InChI is InChI=1S/C18H21NO5/c1-24-15-10-12(2-4-14(15)20)3-5-16(21)18(17(22)23)11-13-6-8-19(18)9-7-13/h2-5,10,13,20H,6-9,11H2,1H3,(H,22,23)/b5-3+. The van der Waals surface area contributed by atoms with Gasteiger partial charge in [-0.25, -0.2) is 4.79 Å². The lowest BCUT2D eigenvalue weighted by atomic mass is 9.72. The fourth-order valence-corrected chi connectivity index (χ4v) is 3.76. The molecular formula is C18H21NO5. The Kier molecular flexibility index (Phi) is 4.32. The quantitative estimate of drug-likeness (QED) is 0.633. The van der Waals surface area contributed by atoms with Crippen molar-refractivity contribution in [1.82, 2.24) is 4.90 Å². The van der Waals surface area contributed by atoms with E-state index in [2.05, 4.69) is 0 Å². The lowest BCUT2D eigenvalue weighted by Gasteiger charge is -2.50. The summed E-state index contributed by atoms with van der Waals surface area (Å²) in [7, 11) is 1.44. The minimum Gasteiger partial charge on any atom is -0.504 e. The molecule has 0 spiro atoms. The highest BCUT2D eigenvalue weighted by Gasteiger charge is 2.55. The number of benzene rings is 1. The summed E-state index contributed by atoms with van der Waals surface area (Å²) in [5.41, 5.74) is -0.770. The average molecular weight is 331 g/mol. The van der Waals surface area contributed by atoms with Crippen LogP contribution in [0.5, 0.6) is 11.5 Å². The van der Waals surface area contributed by atoms with E-state index in [0.29, 0.717) is 36.7 Å². The Balaban J connectivity index is 1.86. The highest BCUT2D eigenvalue weighted by molar-refractivity contribution is 6.14. The third-order valence-electron chi connectivity index (χ3n) is 5.13. The lowest BCUT2D eigenvalue weighted by molar-refractivity contribution is -0.164. The molecule has 2 bridgehead atoms. The van der Waals surface area contributed by atoms with Gasteiger partial charge in [-0.3, -0.25) is 9.69 Å². The molecule has 128 valence electrons. The van der Waals surface area contributed by atoms with Gasteiger partial charge in [0.25, 0.3) is 0 Å². The first-order valence-corrected chi connectivity index (χ1v) is 8.05. The van der Waals surface area contributed by atoms with Crippen molar-refractivity contribution >= 4 is 17.8 Å². The van der Waals surface area contributed by atoms with Crippen LogP contribution in [0.15, 0.2) is 24.3 Å². The van der Waals surface area contributed by atoms with Crippen molar-refractivity contribution in [3.8, 4) is 11.5 Å². The summed E-state index contributed by atoms with van der Waals surface area (Å²) in [5.74, 6) is -0.842. The fourth-order valence-electron chi connectivity index (χ4n) is 3.76. The fraction of sp³-hybridized carbons (Fsp3) is 0.444. The summed E-state index contributed by atoms with van der Waals surface area (Å²) >= 11 is 0. The first-order chi connectivity index (χ1) is 11.5. The zero-order chi connectivity index (χ0) is 17.3. The first-order valence-electron chi connectivity index (χ1n) is 8.05. The molecule has 6 nitrogen and oxygen atoms in total. The van der Waals surface area contributed by atoms with Crippen molar-refractivity contribution < 1.29 is 24.5 Å². The molecule has 3 saturated heterocycles. The number of carbonyl (C=O) groups excluding carboxylic acids is 1. The van der Waals surface area contributed by atoms with Gasteiger partial charge in [0, 0.05) is 0 Å². The topological polar surface area (TPSA) is 87.1 Å². The van der Waals surface area contributed by atoms with E-state index in [4.69, 9.17) is 4.74 Å². The molecule has 0 saturated carbocycles. The van der Waals surface area contributed by atoms with Gasteiger partial charge in [-0.1, -0.05) is 12.1 Å². The van der Waals surface area contributed by atoms with Crippen LogP contribution >= 0.6 is 0 Å². The Bertz CT molecular complexity index is 691. The molecule has 1 unspecified atom stereocenters. The molecule has 1 atom stereocenters. The van der Waals surface area contributed by atoms with E-state index in [-0.39, 0.29) is 5.75 Å². The summed E-state index contributed by atoms with van der Waals surface area (Å²) in [6.45, 7) is 1.31. The van der Waals surface area contributed by atoms with Crippen molar-refractivity contribution in [3.05, 3.63) is 29.8 Å². The van der Waals surface area contributed by atoms with E-state index < -0.39 is 17.3 Å². The molecule has 0 aliphatic carbocycles. The second kappa shape index (κ2) is 6.28. The number of carbonyl (C=O) groups is 2. The largest absolute Gasteiger partial charge is 0.504 e. The number of carboxylic acid groups (broad SMARTS) is 1. The number of carboxylic acids is 1. The number of aliphatic carboxylic acids is 1. The summed E-state index contributed by atoms with van der Waals surface area (Å²) < 4.78 is 5.04. The van der Waals surface area contributed by atoms with E-state index in [9.17, 15) is 19.8 Å². The van der Waals surface area contributed by atoms with Gasteiger partial charge in [-0.2, -0.15) is 0 Å². The first kappa shape index (κ1) is 16.5. The summed E-state index contributed by atoms with van der Waals surface area (Å²) in [6.07, 6.45) is 5.20. The molecule has 0 amide bonds. The molecule has 0 aromatic heterocycles. The highest BCUT2D eigenvalue weighted by Crippen LogP contribution is 2.40. The van der Waals surface area contributed by atoms with Crippen LogP contribution in [-0.4, -0.2) is 52.6 Å². The van der Waals surface area contributed by atoms with Crippen LogP contribution in [0.25, 0.3) is 6.08 Å². The van der Waals surface area contributed by atoms with Crippen molar-refractivity contribution in [1.29, 1.82) is 0 Å². The van der Waals surface area contributed by atoms with Crippen molar-refractivity contribution in [2.24, 2.45) is 5.92 Å². The molecule has 4 rings (SSSR count). The third-order valence-corrected chi connectivity index (χ3v) is 5.13. The molecule has 24 heavy (non-hydrogen) atoms. The Hall–Kier alpha value is -2.34. The van der Waals surface area contributed by atoms with E-state index in [1.165, 1.54) is 19.3 Å². The highest BCUT2D eigenvalue weighted by atomic mass is 16.5. The van der Waals surface area contributed by atoms with Crippen LogP contribution in [0.1, 0.15) is 24.8 Å². The van der Waals surface area contributed by atoms with Gasteiger partial charge in [0.1, 0.15) is 0 Å². The predicted molar refractivity (Wildman–Crippen MR) is 88.0 cm³/mol. The number of hydrogen-bond donors (Lipinski definition) is 2. The molecular weight excluding hydrogens is 310 g/mol. The number of ketones is 1. The van der Waals surface area contributed by atoms with Gasteiger partial charge in [-0.05, 0) is 62.0 Å². The molecule has 1 aromatic rings. The number of methoxy groups -OCH3 is 1. The molecule has 3 aliphatic rings. The third kappa shape index (κ3) is 2.67. The minimum absolute atomic E-state index is 0.0127. The van der Waals surface area contributed by atoms with Gasteiger partial charge >= 0.3 is 5.97 Å². The maximum atomic E-state index is 12.8. The number of piperidine rings is 3. The number of aromatic hydroxyl groups is 1. The molecule has 2 N–H and O–H groups in total. The molecule has 3 fully saturated rings. The number of nitrogens with zero attached hydrogens (tertiary/aromatic N) is 1. The van der Waals surface area contributed by atoms with Crippen LogP contribution in [-0.2, 0) is 9.59 Å². The van der Waals surface area contributed by atoms with E-state index in [1.54, 1.807) is 23.1 Å². The predicted octanol–water partition coefficient (Wildman–Crippen LogP) is 1.92. The van der Waals surface area contributed by atoms with Crippen molar-refractivity contribution in [2.75, 3.05) is 20.2 Å². The van der Waals surface area contributed by atoms with Gasteiger partial charge in [0.15, 0.2) is 22.8 Å². The molecule has 3 aliphatic heterocycles. The van der Waals surface area contributed by atoms with Crippen molar-refractivity contribution in [2.45, 2.75) is 24.8 Å². The maximum absolute atomic E-state index is 12.8. The van der Waals surface area contributed by atoms with E-state index in [0.717, 1.165) is 12.8 Å². The van der Waals surface area contributed by atoms with Crippen LogP contribution < -0.4 is 4.74 Å². The van der Waals surface area contributed by atoms with Crippen LogP contribution in [0.2, 0.25) is 0 Å².